The van der Waals surface area contributed by atoms with Gasteiger partial charge in [-0.1, -0.05) is 22.0 Å². The summed E-state index contributed by atoms with van der Waals surface area (Å²) in [6, 6.07) is 15.0. The molecule has 5 nitrogen and oxygen atoms in total. The molecule has 1 amide bonds. The molecule has 1 heterocycles. The third-order valence-corrected chi connectivity index (χ3v) is 7.24. The van der Waals surface area contributed by atoms with Gasteiger partial charge >= 0.3 is 0 Å². The second-order valence-corrected chi connectivity index (χ2v) is 9.24. The summed E-state index contributed by atoms with van der Waals surface area (Å²) in [4.78, 5) is 12.3. The molecule has 0 unspecified atom stereocenters. The highest BCUT2D eigenvalue weighted by atomic mass is 79.9. The molecule has 0 radical (unpaired) electrons. The molecule has 1 aromatic heterocycles. The fourth-order valence-electron chi connectivity index (χ4n) is 2.24. The Morgan fingerprint density at radius 3 is 2.35 bits per heavy atom. The van der Waals surface area contributed by atoms with Crippen molar-refractivity contribution < 1.29 is 13.2 Å². The predicted molar refractivity (Wildman–Crippen MR) is 108 cm³/mol. The number of sulfonamides is 1. The zero-order valence-electron chi connectivity index (χ0n) is 13.7. The monoisotopic (exact) mass is 450 g/mol. The van der Waals surface area contributed by atoms with E-state index in [1.165, 1.54) is 6.07 Å². The number of halogens is 1. The average molecular weight is 451 g/mol. The summed E-state index contributed by atoms with van der Waals surface area (Å²) >= 11 is 4.56. The molecule has 0 fully saturated rings. The van der Waals surface area contributed by atoms with Crippen LogP contribution in [0.2, 0.25) is 0 Å². The molecule has 134 valence electrons. The molecule has 0 bridgehead atoms. The second-order valence-electron chi connectivity index (χ2n) is 5.53. The van der Waals surface area contributed by atoms with E-state index >= 15 is 0 Å². The van der Waals surface area contributed by atoms with E-state index in [4.69, 9.17) is 0 Å². The third kappa shape index (κ3) is 4.32. The number of carbonyl (C=O) groups excluding carboxylic acids is 1. The molecular formula is C18H15BrN2O3S2. The summed E-state index contributed by atoms with van der Waals surface area (Å²) in [5, 5.41) is 4.52. The van der Waals surface area contributed by atoms with Gasteiger partial charge in [-0.2, -0.15) is 0 Å². The van der Waals surface area contributed by atoms with E-state index in [2.05, 4.69) is 26.0 Å². The fraction of sp³-hybridized carbons (Fsp3) is 0.0556. The van der Waals surface area contributed by atoms with Crippen LogP contribution in [0, 0.1) is 6.92 Å². The summed E-state index contributed by atoms with van der Waals surface area (Å²) in [5.41, 5.74) is 2.54. The standard InChI is InChI=1S/C18H15BrN2O3S2/c1-12-11-15(8-9-16(12)19)20-18(22)13-4-6-14(7-5-13)21-26(23,24)17-3-2-10-25-17/h2-11,21H,1H3,(H,20,22). The number of benzene rings is 2. The molecule has 0 saturated heterocycles. The minimum Gasteiger partial charge on any atom is -0.322 e. The van der Waals surface area contributed by atoms with Crippen LogP contribution < -0.4 is 10.0 Å². The van der Waals surface area contributed by atoms with Gasteiger partial charge in [0, 0.05) is 21.4 Å². The number of aryl methyl sites for hydroxylation is 1. The SMILES string of the molecule is Cc1cc(NC(=O)c2ccc(NS(=O)(=O)c3cccs3)cc2)ccc1Br. The highest BCUT2D eigenvalue weighted by Crippen LogP contribution is 2.22. The minimum absolute atomic E-state index is 0.241. The zero-order valence-corrected chi connectivity index (χ0v) is 16.9. The minimum atomic E-state index is -3.60. The highest BCUT2D eigenvalue weighted by molar-refractivity contribution is 9.10. The van der Waals surface area contributed by atoms with Crippen molar-refractivity contribution in [1.29, 1.82) is 0 Å². The summed E-state index contributed by atoms with van der Waals surface area (Å²) in [6.45, 7) is 1.94. The first-order valence-electron chi connectivity index (χ1n) is 7.59. The number of thiophene rings is 1. The third-order valence-electron chi connectivity index (χ3n) is 3.58. The summed E-state index contributed by atoms with van der Waals surface area (Å²) in [5.74, 6) is -0.264. The number of nitrogens with one attached hydrogen (secondary N) is 2. The topological polar surface area (TPSA) is 75.3 Å². The number of rotatable bonds is 5. The first kappa shape index (κ1) is 18.6. The number of amides is 1. The van der Waals surface area contributed by atoms with Gasteiger partial charge in [-0.05, 0) is 66.4 Å². The molecule has 2 N–H and O–H groups in total. The van der Waals surface area contributed by atoms with Crippen LogP contribution in [0.25, 0.3) is 0 Å². The lowest BCUT2D eigenvalue weighted by Crippen LogP contribution is -2.13. The van der Waals surface area contributed by atoms with E-state index in [-0.39, 0.29) is 10.1 Å². The molecule has 2 aromatic carbocycles. The molecule has 3 rings (SSSR count). The number of hydrogen-bond donors (Lipinski definition) is 2. The smallest absolute Gasteiger partial charge is 0.271 e. The number of carbonyl (C=O) groups is 1. The van der Waals surface area contributed by atoms with Gasteiger partial charge in [0.15, 0.2) is 0 Å². The summed E-state index contributed by atoms with van der Waals surface area (Å²) < 4.78 is 28.1. The Balaban J connectivity index is 1.71. The van der Waals surface area contributed by atoms with Crippen molar-refractivity contribution in [2.24, 2.45) is 0 Å². The van der Waals surface area contributed by atoms with Gasteiger partial charge in [-0.25, -0.2) is 8.42 Å². The molecule has 0 saturated carbocycles. The van der Waals surface area contributed by atoms with E-state index < -0.39 is 10.0 Å². The molecule has 0 aliphatic carbocycles. The van der Waals surface area contributed by atoms with Gasteiger partial charge in [-0.15, -0.1) is 11.3 Å². The van der Waals surface area contributed by atoms with Crippen molar-refractivity contribution in [2.75, 3.05) is 10.0 Å². The van der Waals surface area contributed by atoms with Gasteiger partial charge in [0.2, 0.25) is 0 Å². The van der Waals surface area contributed by atoms with E-state index in [9.17, 15) is 13.2 Å². The lowest BCUT2D eigenvalue weighted by molar-refractivity contribution is 0.102. The molecule has 3 aromatic rings. The van der Waals surface area contributed by atoms with Crippen LogP contribution in [-0.4, -0.2) is 14.3 Å². The molecular weight excluding hydrogens is 436 g/mol. The number of hydrogen-bond acceptors (Lipinski definition) is 4. The normalized spacial score (nSPS) is 11.2. The van der Waals surface area contributed by atoms with Crippen molar-refractivity contribution in [1.82, 2.24) is 0 Å². The van der Waals surface area contributed by atoms with Crippen molar-refractivity contribution in [3.63, 3.8) is 0 Å². The Bertz CT molecular complexity index is 1030. The quantitative estimate of drug-likeness (QED) is 0.581. The summed E-state index contributed by atoms with van der Waals surface area (Å²) in [7, 11) is -3.60. The Kier molecular flexibility index (Phi) is 5.45. The van der Waals surface area contributed by atoms with Crippen LogP contribution in [0.15, 0.2) is 68.7 Å². The second kappa shape index (κ2) is 7.61. The molecule has 0 aliphatic rings. The van der Waals surface area contributed by atoms with Crippen molar-refractivity contribution in [3.05, 3.63) is 75.6 Å². The van der Waals surface area contributed by atoms with Crippen LogP contribution in [0.5, 0.6) is 0 Å². The van der Waals surface area contributed by atoms with Gasteiger partial charge in [0.25, 0.3) is 15.9 Å². The molecule has 26 heavy (non-hydrogen) atoms. The van der Waals surface area contributed by atoms with Gasteiger partial charge in [0.1, 0.15) is 4.21 Å². The van der Waals surface area contributed by atoms with Crippen LogP contribution in [0.4, 0.5) is 11.4 Å². The largest absolute Gasteiger partial charge is 0.322 e. The molecule has 0 spiro atoms. The lowest BCUT2D eigenvalue weighted by Gasteiger charge is -2.09. The number of anilines is 2. The van der Waals surface area contributed by atoms with Crippen molar-refractivity contribution >= 4 is 54.6 Å². The summed E-state index contributed by atoms with van der Waals surface area (Å²) in [6.07, 6.45) is 0. The highest BCUT2D eigenvalue weighted by Gasteiger charge is 2.15. The Morgan fingerprint density at radius 1 is 1.04 bits per heavy atom. The van der Waals surface area contributed by atoms with Gasteiger partial charge < -0.3 is 5.32 Å². The van der Waals surface area contributed by atoms with E-state index in [1.807, 2.05) is 19.1 Å². The Morgan fingerprint density at radius 2 is 1.73 bits per heavy atom. The Labute approximate surface area is 164 Å². The molecule has 0 atom stereocenters. The maximum absolute atomic E-state index is 12.3. The lowest BCUT2D eigenvalue weighted by atomic mass is 10.2. The zero-order chi connectivity index (χ0) is 18.7. The molecule has 0 aliphatic heterocycles. The van der Waals surface area contributed by atoms with Gasteiger partial charge in [-0.3, -0.25) is 9.52 Å². The maximum Gasteiger partial charge on any atom is 0.271 e. The Hall–Kier alpha value is -2.16. The fourth-order valence-corrected chi connectivity index (χ4v) is 4.54. The van der Waals surface area contributed by atoms with Crippen molar-refractivity contribution in [3.8, 4) is 0 Å². The maximum atomic E-state index is 12.3. The first-order valence-corrected chi connectivity index (χ1v) is 10.7. The predicted octanol–water partition coefficient (Wildman–Crippen LogP) is 4.87. The van der Waals surface area contributed by atoms with Crippen LogP contribution >= 0.6 is 27.3 Å². The van der Waals surface area contributed by atoms with Gasteiger partial charge in [0.05, 0.1) is 0 Å². The average Bonchev–Trinajstić information content (AvgIpc) is 3.14. The molecule has 8 heteroatoms. The van der Waals surface area contributed by atoms with Crippen LogP contribution in [-0.2, 0) is 10.0 Å². The van der Waals surface area contributed by atoms with Crippen LogP contribution in [0.1, 0.15) is 15.9 Å². The van der Waals surface area contributed by atoms with Crippen LogP contribution in [0.3, 0.4) is 0 Å². The van der Waals surface area contributed by atoms with E-state index in [1.54, 1.807) is 41.8 Å². The first-order chi connectivity index (χ1) is 12.3. The van der Waals surface area contributed by atoms with E-state index in [0.29, 0.717) is 16.9 Å². The van der Waals surface area contributed by atoms with Crippen molar-refractivity contribution in [2.45, 2.75) is 11.1 Å². The van der Waals surface area contributed by atoms with E-state index in [0.717, 1.165) is 21.4 Å².